The van der Waals surface area contributed by atoms with Crippen molar-refractivity contribution in [1.82, 2.24) is 9.66 Å². The van der Waals surface area contributed by atoms with Gasteiger partial charge in [-0.15, -0.1) is 4.68 Å². The molecule has 30 heavy (non-hydrogen) atoms. The second-order valence-corrected chi connectivity index (χ2v) is 6.26. The molecule has 1 atom stereocenters. The molecule has 9 heteroatoms. The van der Waals surface area contributed by atoms with Gasteiger partial charge in [-0.05, 0) is 49.7 Å². The molecule has 1 heterocycles. The van der Waals surface area contributed by atoms with Crippen LogP contribution in [0.4, 0.5) is 0 Å². The molecule has 1 aromatic heterocycles. The van der Waals surface area contributed by atoms with E-state index in [2.05, 4.69) is 14.8 Å². The van der Waals surface area contributed by atoms with Gasteiger partial charge >= 0.3 is 11.7 Å². The highest BCUT2D eigenvalue weighted by atomic mass is 16.6. The third kappa shape index (κ3) is 4.40. The molecule has 0 saturated heterocycles. The maximum atomic E-state index is 12.5. The van der Waals surface area contributed by atoms with Crippen molar-refractivity contribution in [2.75, 3.05) is 13.7 Å². The van der Waals surface area contributed by atoms with E-state index < -0.39 is 23.3 Å². The summed E-state index contributed by atoms with van der Waals surface area (Å²) in [7, 11) is 1.28. The van der Waals surface area contributed by atoms with E-state index in [1.807, 2.05) is 6.92 Å². The molecule has 3 rings (SSSR count). The van der Waals surface area contributed by atoms with E-state index in [-0.39, 0.29) is 0 Å². The Morgan fingerprint density at radius 3 is 2.70 bits per heavy atom. The van der Waals surface area contributed by atoms with Gasteiger partial charge in [-0.25, -0.2) is 9.59 Å². The molecular weight excluding hydrogens is 390 g/mol. The number of ether oxygens (including phenoxy) is 3. The van der Waals surface area contributed by atoms with Crippen molar-refractivity contribution >= 4 is 23.1 Å². The number of para-hydroxylation sites is 1. The molecule has 2 aromatic carbocycles. The maximum Gasteiger partial charge on any atom is 0.349 e. The highest BCUT2D eigenvalue weighted by Gasteiger charge is 2.17. The molecule has 9 nitrogen and oxygen atoms in total. The van der Waals surface area contributed by atoms with Crippen molar-refractivity contribution in [2.24, 2.45) is 5.10 Å². The summed E-state index contributed by atoms with van der Waals surface area (Å²) in [4.78, 5) is 39.0. The van der Waals surface area contributed by atoms with E-state index in [0.717, 1.165) is 4.68 Å². The van der Waals surface area contributed by atoms with Crippen LogP contribution < -0.4 is 20.7 Å². The van der Waals surface area contributed by atoms with Crippen molar-refractivity contribution < 1.29 is 19.0 Å². The minimum atomic E-state index is -0.816. The van der Waals surface area contributed by atoms with E-state index in [1.165, 1.54) is 13.3 Å². The number of aromatic nitrogens is 2. The van der Waals surface area contributed by atoms with Crippen LogP contribution in [0.15, 0.2) is 57.2 Å². The summed E-state index contributed by atoms with van der Waals surface area (Å²) in [5.41, 5.74) is -0.163. The number of nitrogens with zero attached hydrogens (tertiary/aromatic N) is 2. The third-order valence-electron chi connectivity index (χ3n) is 4.21. The first-order valence-electron chi connectivity index (χ1n) is 9.24. The van der Waals surface area contributed by atoms with Gasteiger partial charge in [0.1, 0.15) is 0 Å². The van der Waals surface area contributed by atoms with Gasteiger partial charge in [0.25, 0.3) is 5.56 Å². The summed E-state index contributed by atoms with van der Waals surface area (Å²) in [5.74, 6) is 0.225. The molecule has 0 fully saturated rings. The molecule has 1 N–H and O–H groups in total. The summed E-state index contributed by atoms with van der Waals surface area (Å²) >= 11 is 0. The Hall–Kier alpha value is -3.88. The smallest absolute Gasteiger partial charge is 0.349 e. The lowest BCUT2D eigenvalue weighted by molar-refractivity contribution is -0.147. The van der Waals surface area contributed by atoms with Gasteiger partial charge in [-0.1, -0.05) is 12.1 Å². The molecule has 0 bridgehead atoms. The molecule has 0 amide bonds. The van der Waals surface area contributed by atoms with Gasteiger partial charge in [-0.2, -0.15) is 5.10 Å². The fourth-order valence-electron chi connectivity index (χ4n) is 2.76. The van der Waals surface area contributed by atoms with Crippen LogP contribution in [0.3, 0.4) is 0 Å². The number of H-pyrrole nitrogens is 1. The summed E-state index contributed by atoms with van der Waals surface area (Å²) in [6, 6.07) is 11.6. The van der Waals surface area contributed by atoms with E-state index in [9.17, 15) is 14.4 Å². The van der Waals surface area contributed by atoms with Gasteiger partial charge in [0.2, 0.25) is 0 Å². The molecule has 0 aliphatic rings. The Morgan fingerprint density at radius 1 is 1.20 bits per heavy atom. The number of benzene rings is 2. The number of aromatic amines is 1. The van der Waals surface area contributed by atoms with Crippen molar-refractivity contribution in [2.45, 2.75) is 20.0 Å². The molecule has 0 spiro atoms. The fourth-order valence-corrected chi connectivity index (χ4v) is 2.76. The lowest BCUT2D eigenvalue weighted by atomic mass is 10.2. The Kier molecular flexibility index (Phi) is 6.31. The van der Waals surface area contributed by atoms with Crippen LogP contribution in [0.25, 0.3) is 10.9 Å². The highest BCUT2D eigenvalue weighted by Crippen LogP contribution is 2.29. The fraction of sp³-hybridized carbons (Fsp3) is 0.238. The van der Waals surface area contributed by atoms with Crippen molar-refractivity contribution in [1.29, 1.82) is 0 Å². The van der Waals surface area contributed by atoms with E-state index in [0.29, 0.717) is 34.6 Å². The minimum absolute atomic E-state index is 0.352. The number of esters is 1. The van der Waals surface area contributed by atoms with Crippen LogP contribution in [0.5, 0.6) is 11.5 Å². The molecule has 0 radical (unpaired) electrons. The number of hydrogen-bond donors (Lipinski definition) is 1. The number of nitrogens with one attached hydrogen (secondary N) is 1. The lowest BCUT2D eigenvalue weighted by Crippen LogP contribution is -2.32. The van der Waals surface area contributed by atoms with Gasteiger partial charge in [0.05, 0.1) is 30.8 Å². The average molecular weight is 411 g/mol. The van der Waals surface area contributed by atoms with Crippen molar-refractivity contribution in [3.05, 3.63) is 68.9 Å². The number of rotatable bonds is 7. The second kappa shape index (κ2) is 9.08. The first kappa shape index (κ1) is 20.8. The number of carbonyl (C=O) groups excluding carboxylic acids is 1. The molecule has 1 unspecified atom stereocenters. The summed E-state index contributed by atoms with van der Waals surface area (Å²) in [5, 5.41) is 4.38. The number of hydrogen-bond acceptors (Lipinski definition) is 7. The van der Waals surface area contributed by atoms with Crippen LogP contribution in [0.2, 0.25) is 0 Å². The zero-order valence-corrected chi connectivity index (χ0v) is 16.7. The Bertz CT molecular complexity index is 1210. The van der Waals surface area contributed by atoms with Gasteiger partial charge < -0.3 is 19.2 Å². The van der Waals surface area contributed by atoms with Gasteiger partial charge in [0.15, 0.2) is 17.6 Å². The normalized spacial score (nSPS) is 12.1. The molecule has 0 aliphatic heterocycles. The average Bonchev–Trinajstić information content (AvgIpc) is 2.74. The van der Waals surface area contributed by atoms with Crippen LogP contribution in [0, 0.1) is 0 Å². The van der Waals surface area contributed by atoms with E-state index in [4.69, 9.17) is 9.47 Å². The first-order valence-corrected chi connectivity index (χ1v) is 9.24. The minimum Gasteiger partial charge on any atom is -0.490 e. The predicted molar refractivity (Wildman–Crippen MR) is 112 cm³/mol. The quantitative estimate of drug-likeness (QED) is 0.470. The third-order valence-corrected chi connectivity index (χ3v) is 4.21. The van der Waals surface area contributed by atoms with Gasteiger partial charge in [-0.3, -0.25) is 4.79 Å². The summed E-state index contributed by atoms with van der Waals surface area (Å²) in [6.45, 7) is 3.74. The van der Waals surface area contributed by atoms with Gasteiger partial charge in [0, 0.05) is 0 Å². The second-order valence-electron chi connectivity index (χ2n) is 6.26. The molecular formula is C21H21N3O6. The first-order chi connectivity index (χ1) is 14.4. The van der Waals surface area contributed by atoms with Crippen LogP contribution >= 0.6 is 0 Å². The SMILES string of the molecule is CCOc1cc(C=Nn2c(=O)[nH]c3ccccc3c2=O)ccc1OC(C)C(=O)OC. The lowest BCUT2D eigenvalue weighted by Gasteiger charge is -2.16. The largest absolute Gasteiger partial charge is 0.490 e. The molecule has 3 aromatic rings. The Labute approximate surface area is 171 Å². The topological polar surface area (TPSA) is 112 Å². The van der Waals surface area contributed by atoms with Crippen LogP contribution in [-0.4, -0.2) is 41.7 Å². The summed E-state index contributed by atoms with van der Waals surface area (Å²) in [6.07, 6.45) is 0.546. The maximum absolute atomic E-state index is 12.5. The molecule has 156 valence electrons. The number of methoxy groups -OCH3 is 1. The molecule has 0 aliphatic carbocycles. The Morgan fingerprint density at radius 2 is 1.97 bits per heavy atom. The number of fused-ring (bicyclic) bond motifs is 1. The monoisotopic (exact) mass is 411 g/mol. The number of carbonyl (C=O) groups is 1. The van der Waals surface area contributed by atoms with Crippen LogP contribution in [0.1, 0.15) is 19.4 Å². The predicted octanol–water partition coefficient (Wildman–Crippen LogP) is 1.91. The highest BCUT2D eigenvalue weighted by molar-refractivity contribution is 5.81. The zero-order chi connectivity index (χ0) is 21.7. The van der Waals surface area contributed by atoms with E-state index >= 15 is 0 Å². The molecule has 0 saturated carbocycles. The van der Waals surface area contributed by atoms with Crippen molar-refractivity contribution in [3.8, 4) is 11.5 Å². The van der Waals surface area contributed by atoms with E-state index in [1.54, 1.807) is 49.4 Å². The van der Waals surface area contributed by atoms with Crippen LogP contribution in [-0.2, 0) is 9.53 Å². The van der Waals surface area contributed by atoms with Crippen molar-refractivity contribution in [3.63, 3.8) is 0 Å². The standard InChI is InChI=1S/C21H21N3O6/c1-4-29-18-11-14(9-10-17(18)30-13(2)20(26)28-3)12-22-24-19(25)15-7-5-6-8-16(15)23-21(24)27/h5-13H,4H2,1-3H3,(H,23,27). The summed E-state index contributed by atoms with van der Waals surface area (Å²) < 4.78 is 16.6. The zero-order valence-electron chi connectivity index (χ0n) is 16.7. The Balaban J connectivity index is 1.93.